The summed E-state index contributed by atoms with van der Waals surface area (Å²) < 4.78 is 10.7. The fourth-order valence-electron chi connectivity index (χ4n) is 2.90. The van der Waals surface area contributed by atoms with Crippen LogP contribution in [0.4, 0.5) is 5.69 Å². The molecule has 0 saturated carbocycles. The molecular formula is C23H27NO6. The SMILES string of the molecule is CCCCCCCCCC(=O)Oc1ccccc1OC(=O)c1ccc([N+](=O)[O-])cc1. The molecule has 0 N–H and O–H groups in total. The van der Waals surface area contributed by atoms with Crippen molar-refractivity contribution in [1.29, 1.82) is 0 Å². The zero-order chi connectivity index (χ0) is 21.8. The second kappa shape index (κ2) is 12.4. The van der Waals surface area contributed by atoms with Gasteiger partial charge in [0.15, 0.2) is 11.5 Å². The number of esters is 2. The Labute approximate surface area is 176 Å². The Bertz CT molecular complexity index is 847. The molecule has 0 amide bonds. The van der Waals surface area contributed by atoms with Gasteiger partial charge in [0, 0.05) is 18.6 Å². The molecule has 2 aromatic rings. The number of unbranched alkanes of at least 4 members (excludes halogenated alkanes) is 6. The summed E-state index contributed by atoms with van der Waals surface area (Å²) in [5, 5.41) is 10.7. The number of rotatable bonds is 12. The summed E-state index contributed by atoms with van der Waals surface area (Å²) in [6.45, 7) is 2.18. The van der Waals surface area contributed by atoms with Gasteiger partial charge in [-0.3, -0.25) is 14.9 Å². The molecule has 0 aliphatic heterocycles. The van der Waals surface area contributed by atoms with Crippen molar-refractivity contribution >= 4 is 17.6 Å². The number of benzene rings is 2. The average molecular weight is 413 g/mol. The Hall–Kier alpha value is -3.22. The highest BCUT2D eigenvalue weighted by Crippen LogP contribution is 2.28. The van der Waals surface area contributed by atoms with Crippen LogP contribution in [0.1, 0.15) is 68.6 Å². The summed E-state index contributed by atoms with van der Waals surface area (Å²) in [6, 6.07) is 11.5. The summed E-state index contributed by atoms with van der Waals surface area (Å²) in [5.41, 5.74) is 0.0380. The van der Waals surface area contributed by atoms with Crippen LogP contribution in [0.15, 0.2) is 48.5 Å². The second-order valence-corrected chi connectivity index (χ2v) is 6.99. The van der Waals surface area contributed by atoms with Gasteiger partial charge in [-0.1, -0.05) is 57.6 Å². The summed E-state index contributed by atoms with van der Waals surface area (Å²) in [5.74, 6) is -0.780. The number of ether oxygens (including phenoxy) is 2. The van der Waals surface area contributed by atoms with Crippen LogP contribution in [0.5, 0.6) is 11.5 Å². The maximum Gasteiger partial charge on any atom is 0.343 e. The van der Waals surface area contributed by atoms with Gasteiger partial charge in [-0.25, -0.2) is 4.79 Å². The van der Waals surface area contributed by atoms with Crippen LogP contribution in [-0.2, 0) is 4.79 Å². The van der Waals surface area contributed by atoms with Crippen LogP contribution >= 0.6 is 0 Å². The molecule has 0 aliphatic rings. The van der Waals surface area contributed by atoms with E-state index in [0.717, 1.165) is 19.3 Å². The fraction of sp³-hybridized carbons (Fsp3) is 0.391. The van der Waals surface area contributed by atoms with E-state index in [1.54, 1.807) is 18.2 Å². The van der Waals surface area contributed by atoms with Gasteiger partial charge in [0.05, 0.1) is 10.5 Å². The van der Waals surface area contributed by atoms with E-state index in [-0.39, 0.29) is 28.7 Å². The number of hydrogen-bond donors (Lipinski definition) is 0. The van der Waals surface area contributed by atoms with Crippen molar-refractivity contribution < 1.29 is 24.0 Å². The molecule has 160 valence electrons. The minimum Gasteiger partial charge on any atom is -0.423 e. The molecule has 0 bridgehead atoms. The van der Waals surface area contributed by atoms with E-state index < -0.39 is 10.9 Å². The first-order chi connectivity index (χ1) is 14.5. The number of nitro groups is 1. The molecule has 0 radical (unpaired) electrons. The second-order valence-electron chi connectivity index (χ2n) is 6.99. The van der Waals surface area contributed by atoms with E-state index in [1.165, 1.54) is 56.0 Å². The van der Waals surface area contributed by atoms with Gasteiger partial charge < -0.3 is 9.47 Å². The van der Waals surface area contributed by atoms with Gasteiger partial charge >= 0.3 is 11.9 Å². The predicted octanol–water partition coefficient (Wildman–Crippen LogP) is 5.86. The zero-order valence-electron chi connectivity index (χ0n) is 17.2. The van der Waals surface area contributed by atoms with E-state index in [2.05, 4.69) is 6.92 Å². The molecule has 7 heteroatoms. The Balaban J connectivity index is 1.87. The molecule has 0 aromatic heterocycles. The first-order valence-corrected chi connectivity index (χ1v) is 10.3. The van der Waals surface area contributed by atoms with Crippen molar-refractivity contribution in [2.24, 2.45) is 0 Å². The Morgan fingerprint density at radius 2 is 1.40 bits per heavy atom. The molecular weight excluding hydrogens is 386 g/mol. The molecule has 0 saturated heterocycles. The molecule has 2 rings (SSSR count). The largest absolute Gasteiger partial charge is 0.423 e. The fourth-order valence-corrected chi connectivity index (χ4v) is 2.90. The van der Waals surface area contributed by atoms with E-state index in [0.29, 0.717) is 6.42 Å². The van der Waals surface area contributed by atoms with Crippen molar-refractivity contribution in [3.05, 3.63) is 64.2 Å². The number of hydrogen-bond acceptors (Lipinski definition) is 6. The molecule has 0 unspecified atom stereocenters. The quantitative estimate of drug-likeness (QED) is 0.142. The van der Waals surface area contributed by atoms with Crippen molar-refractivity contribution in [1.82, 2.24) is 0 Å². The van der Waals surface area contributed by atoms with Gasteiger partial charge in [-0.2, -0.15) is 0 Å². The van der Waals surface area contributed by atoms with Crippen molar-refractivity contribution in [2.45, 2.75) is 58.3 Å². The zero-order valence-corrected chi connectivity index (χ0v) is 17.2. The minimum absolute atomic E-state index is 0.119. The van der Waals surface area contributed by atoms with Crippen LogP contribution in [0.25, 0.3) is 0 Å². The van der Waals surface area contributed by atoms with Crippen LogP contribution in [-0.4, -0.2) is 16.9 Å². The first kappa shape index (κ1) is 23.1. The number of non-ortho nitro benzene ring substituents is 1. The summed E-state index contributed by atoms with van der Waals surface area (Å²) >= 11 is 0. The smallest absolute Gasteiger partial charge is 0.343 e. The predicted molar refractivity (Wildman–Crippen MR) is 113 cm³/mol. The van der Waals surface area contributed by atoms with Crippen molar-refractivity contribution in [3.8, 4) is 11.5 Å². The highest BCUT2D eigenvalue weighted by atomic mass is 16.6. The Morgan fingerprint density at radius 1 is 0.833 bits per heavy atom. The molecule has 2 aromatic carbocycles. The lowest BCUT2D eigenvalue weighted by molar-refractivity contribution is -0.384. The molecule has 0 fully saturated rings. The minimum atomic E-state index is -0.694. The number of nitrogens with zero attached hydrogens (tertiary/aromatic N) is 1. The lowest BCUT2D eigenvalue weighted by Crippen LogP contribution is -2.12. The van der Waals surface area contributed by atoms with Crippen LogP contribution in [0, 0.1) is 10.1 Å². The Kier molecular flexibility index (Phi) is 9.51. The van der Waals surface area contributed by atoms with Gasteiger partial charge in [0.25, 0.3) is 5.69 Å². The van der Waals surface area contributed by atoms with Gasteiger partial charge in [0.1, 0.15) is 0 Å². The van der Waals surface area contributed by atoms with E-state index in [4.69, 9.17) is 9.47 Å². The highest BCUT2D eigenvalue weighted by Gasteiger charge is 2.16. The topological polar surface area (TPSA) is 95.7 Å². The highest BCUT2D eigenvalue weighted by molar-refractivity contribution is 5.91. The van der Waals surface area contributed by atoms with Crippen molar-refractivity contribution in [3.63, 3.8) is 0 Å². The molecule has 0 heterocycles. The number of nitro benzene ring substituents is 1. The molecule has 0 aliphatic carbocycles. The van der Waals surface area contributed by atoms with E-state index >= 15 is 0 Å². The van der Waals surface area contributed by atoms with Gasteiger partial charge in [0.2, 0.25) is 0 Å². The van der Waals surface area contributed by atoms with Crippen LogP contribution < -0.4 is 9.47 Å². The number of carbonyl (C=O) groups is 2. The third-order valence-corrected chi connectivity index (χ3v) is 4.57. The lowest BCUT2D eigenvalue weighted by atomic mass is 10.1. The Morgan fingerprint density at radius 3 is 2.00 bits per heavy atom. The maximum absolute atomic E-state index is 12.3. The average Bonchev–Trinajstić information content (AvgIpc) is 2.74. The molecule has 0 spiro atoms. The van der Waals surface area contributed by atoms with E-state index in [9.17, 15) is 19.7 Å². The van der Waals surface area contributed by atoms with E-state index in [1.807, 2.05) is 0 Å². The lowest BCUT2D eigenvalue weighted by Gasteiger charge is -2.10. The van der Waals surface area contributed by atoms with Gasteiger partial charge in [-0.05, 0) is 30.7 Å². The molecule has 7 nitrogen and oxygen atoms in total. The monoisotopic (exact) mass is 413 g/mol. The standard InChI is InChI=1S/C23H27NO6/c1-2-3-4-5-6-7-8-13-22(25)29-20-11-9-10-12-21(20)30-23(26)18-14-16-19(17-15-18)24(27)28/h9-12,14-17H,2-8,13H2,1H3. The third-order valence-electron chi connectivity index (χ3n) is 4.57. The number of para-hydroxylation sites is 2. The summed E-state index contributed by atoms with van der Waals surface area (Å²) in [6.07, 6.45) is 8.02. The van der Waals surface area contributed by atoms with Crippen molar-refractivity contribution in [2.75, 3.05) is 0 Å². The number of carbonyl (C=O) groups excluding carboxylic acids is 2. The molecule has 30 heavy (non-hydrogen) atoms. The summed E-state index contributed by atoms with van der Waals surface area (Å²) in [7, 11) is 0. The first-order valence-electron chi connectivity index (χ1n) is 10.3. The molecule has 0 atom stereocenters. The maximum atomic E-state index is 12.3. The normalized spacial score (nSPS) is 10.4. The van der Waals surface area contributed by atoms with Crippen LogP contribution in [0.3, 0.4) is 0 Å². The summed E-state index contributed by atoms with van der Waals surface area (Å²) in [4.78, 5) is 34.6. The third kappa shape index (κ3) is 7.66. The van der Waals surface area contributed by atoms with Gasteiger partial charge in [-0.15, -0.1) is 0 Å². The van der Waals surface area contributed by atoms with Crippen LogP contribution in [0.2, 0.25) is 0 Å².